The van der Waals surface area contributed by atoms with Crippen LogP contribution in [-0.2, 0) is 6.42 Å². The summed E-state index contributed by atoms with van der Waals surface area (Å²) in [6.45, 7) is 2.18. The Kier molecular flexibility index (Phi) is 2.67. The van der Waals surface area contributed by atoms with Crippen LogP contribution in [0.4, 0.5) is 0 Å². The summed E-state index contributed by atoms with van der Waals surface area (Å²) in [6.07, 6.45) is 4.19. The van der Waals surface area contributed by atoms with Crippen LogP contribution in [0.5, 0.6) is 5.75 Å². The van der Waals surface area contributed by atoms with E-state index in [9.17, 15) is 0 Å². The van der Waals surface area contributed by atoms with E-state index < -0.39 is 0 Å². The molecule has 0 aliphatic rings. The fraction of sp³-hybridized carbons (Fsp3) is 0.267. The average molecular weight is 240 g/mol. The van der Waals surface area contributed by atoms with E-state index in [2.05, 4.69) is 35.7 Å². The minimum Gasteiger partial charge on any atom is -0.497 e. The van der Waals surface area contributed by atoms with Gasteiger partial charge in [-0.05, 0) is 30.7 Å². The maximum absolute atomic E-state index is 5.27. The van der Waals surface area contributed by atoms with Crippen molar-refractivity contribution in [3.05, 3.63) is 42.2 Å². The molecule has 1 aromatic carbocycles. The average Bonchev–Trinajstić information content (AvgIpc) is 2.88. The number of aromatic nitrogens is 2. The Morgan fingerprint density at radius 2 is 2.11 bits per heavy atom. The molecule has 3 rings (SSSR count). The molecule has 2 aromatic heterocycles. The molecule has 0 N–H and O–H groups in total. The lowest BCUT2D eigenvalue weighted by molar-refractivity contribution is 0.415. The molecule has 0 bridgehead atoms. The van der Waals surface area contributed by atoms with Crippen LogP contribution in [0.2, 0.25) is 0 Å². The summed E-state index contributed by atoms with van der Waals surface area (Å²) in [4.78, 5) is 4.77. The number of rotatable bonds is 3. The van der Waals surface area contributed by atoms with Crippen molar-refractivity contribution < 1.29 is 4.74 Å². The molecule has 0 atom stereocenters. The Bertz CT molecular complexity index is 700. The lowest BCUT2D eigenvalue weighted by Crippen LogP contribution is -1.98. The van der Waals surface area contributed by atoms with E-state index in [1.807, 2.05) is 12.1 Å². The summed E-state index contributed by atoms with van der Waals surface area (Å²) in [6, 6.07) is 10.2. The zero-order valence-electron chi connectivity index (χ0n) is 10.7. The maximum Gasteiger partial charge on any atom is 0.121 e. The summed E-state index contributed by atoms with van der Waals surface area (Å²) in [5.74, 6) is 0.851. The van der Waals surface area contributed by atoms with Crippen LogP contribution < -0.4 is 4.74 Å². The van der Waals surface area contributed by atoms with Crippen LogP contribution >= 0.6 is 0 Å². The summed E-state index contributed by atoms with van der Waals surface area (Å²) < 4.78 is 7.47. The maximum atomic E-state index is 5.27. The summed E-state index contributed by atoms with van der Waals surface area (Å²) in [5, 5.41) is 0. The molecule has 0 amide bonds. The number of ether oxygens (including phenoxy) is 1. The van der Waals surface area contributed by atoms with Gasteiger partial charge in [-0.15, -0.1) is 0 Å². The largest absolute Gasteiger partial charge is 0.497 e. The molecule has 0 aliphatic carbocycles. The molecule has 3 nitrogen and oxygen atoms in total. The van der Waals surface area contributed by atoms with Crippen LogP contribution in [0.3, 0.4) is 0 Å². The molecule has 0 saturated carbocycles. The van der Waals surface area contributed by atoms with Gasteiger partial charge in [-0.3, -0.25) is 0 Å². The molecular formula is C15H16N2O. The normalized spacial score (nSPS) is 11.2. The van der Waals surface area contributed by atoms with Crippen molar-refractivity contribution in [2.75, 3.05) is 7.11 Å². The van der Waals surface area contributed by atoms with Crippen molar-refractivity contribution in [1.29, 1.82) is 0 Å². The molecule has 0 aliphatic heterocycles. The van der Waals surface area contributed by atoms with Gasteiger partial charge in [0.25, 0.3) is 0 Å². The number of aryl methyl sites for hydroxylation is 1. The van der Waals surface area contributed by atoms with Crippen molar-refractivity contribution in [3.8, 4) is 5.75 Å². The topological polar surface area (TPSA) is 26.5 Å². The Morgan fingerprint density at radius 3 is 2.89 bits per heavy atom. The van der Waals surface area contributed by atoms with Crippen molar-refractivity contribution in [3.63, 3.8) is 0 Å². The number of fused-ring (bicyclic) bond motifs is 3. The van der Waals surface area contributed by atoms with E-state index in [1.54, 1.807) is 7.11 Å². The first-order valence-corrected chi connectivity index (χ1v) is 6.27. The standard InChI is InChI=1S/C15H16N2O/c1-3-5-12-14-6-4-9-17(14)15-8-7-11(18-2)10-13(15)16-12/h4,6-10H,3,5H2,1-2H3. The van der Waals surface area contributed by atoms with Gasteiger partial charge in [0.2, 0.25) is 0 Å². The number of hydrogen-bond donors (Lipinski definition) is 0. The number of methoxy groups -OCH3 is 1. The lowest BCUT2D eigenvalue weighted by atomic mass is 10.2. The smallest absolute Gasteiger partial charge is 0.121 e. The van der Waals surface area contributed by atoms with E-state index in [-0.39, 0.29) is 0 Å². The van der Waals surface area contributed by atoms with Crippen LogP contribution in [0.25, 0.3) is 16.6 Å². The first-order valence-electron chi connectivity index (χ1n) is 6.27. The minimum absolute atomic E-state index is 0.851. The highest BCUT2D eigenvalue weighted by atomic mass is 16.5. The van der Waals surface area contributed by atoms with Gasteiger partial charge in [-0.25, -0.2) is 4.98 Å². The van der Waals surface area contributed by atoms with Gasteiger partial charge in [-0.2, -0.15) is 0 Å². The van der Waals surface area contributed by atoms with Crippen molar-refractivity contribution in [2.24, 2.45) is 0 Å². The fourth-order valence-corrected chi connectivity index (χ4v) is 2.37. The second-order valence-electron chi connectivity index (χ2n) is 4.43. The second kappa shape index (κ2) is 4.33. The van der Waals surface area contributed by atoms with Crippen molar-refractivity contribution >= 4 is 16.6 Å². The Hall–Kier alpha value is -2.03. The van der Waals surface area contributed by atoms with Gasteiger partial charge in [-0.1, -0.05) is 13.3 Å². The van der Waals surface area contributed by atoms with Gasteiger partial charge >= 0.3 is 0 Å². The van der Waals surface area contributed by atoms with Crippen LogP contribution in [0, 0.1) is 0 Å². The highest BCUT2D eigenvalue weighted by Gasteiger charge is 2.07. The number of benzene rings is 1. The Labute approximate surface area is 106 Å². The molecule has 3 heteroatoms. The van der Waals surface area contributed by atoms with Crippen LogP contribution in [-0.4, -0.2) is 16.5 Å². The van der Waals surface area contributed by atoms with Gasteiger partial charge in [0.15, 0.2) is 0 Å². The summed E-state index contributed by atoms with van der Waals surface area (Å²) >= 11 is 0. The highest BCUT2D eigenvalue weighted by molar-refractivity contribution is 5.81. The summed E-state index contributed by atoms with van der Waals surface area (Å²) in [7, 11) is 1.68. The van der Waals surface area contributed by atoms with Crippen LogP contribution in [0.1, 0.15) is 19.0 Å². The van der Waals surface area contributed by atoms with Gasteiger partial charge in [0.05, 0.1) is 29.4 Å². The molecular weight excluding hydrogens is 224 g/mol. The Morgan fingerprint density at radius 1 is 1.22 bits per heavy atom. The van der Waals surface area contributed by atoms with E-state index in [1.165, 1.54) is 5.52 Å². The molecule has 0 radical (unpaired) electrons. The number of hydrogen-bond acceptors (Lipinski definition) is 2. The zero-order chi connectivity index (χ0) is 12.5. The van der Waals surface area contributed by atoms with Gasteiger partial charge < -0.3 is 9.14 Å². The van der Waals surface area contributed by atoms with E-state index in [0.717, 1.165) is 35.3 Å². The first-order chi connectivity index (χ1) is 8.83. The fourth-order valence-electron chi connectivity index (χ4n) is 2.37. The Balaban J connectivity index is 2.35. The predicted octanol–water partition coefficient (Wildman–Crippen LogP) is 3.45. The molecule has 0 spiro atoms. The van der Waals surface area contributed by atoms with E-state index in [4.69, 9.17) is 9.72 Å². The monoisotopic (exact) mass is 240 g/mol. The minimum atomic E-state index is 0.851. The molecule has 2 heterocycles. The van der Waals surface area contributed by atoms with Crippen molar-refractivity contribution in [2.45, 2.75) is 19.8 Å². The molecule has 3 aromatic rings. The molecule has 0 saturated heterocycles. The zero-order valence-corrected chi connectivity index (χ0v) is 10.7. The first kappa shape index (κ1) is 11.1. The van der Waals surface area contributed by atoms with E-state index >= 15 is 0 Å². The summed E-state index contributed by atoms with van der Waals surface area (Å²) in [5.41, 5.74) is 4.47. The van der Waals surface area contributed by atoms with Gasteiger partial charge in [0.1, 0.15) is 5.75 Å². The molecule has 18 heavy (non-hydrogen) atoms. The molecule has 92 valence electrons. The SMILES string of the molecule is CCCc1nc2cc(OC)ccc2n2cccc12. The van der Waals surface area contributed by atoms with Crippen molar-refractivity contribution in [1.82, 2.24) is 9.38 Å². The van der Waals surface area contributed by atoms with Crippen LogP contribution in [0.15, 0.2) is 36.5 Å². The molecule has 0 unspecified atom stereocenters. The van der Waals surface area contributed by atoms with Gasteiger partial charge in [0, 0.05) is 12.3 Å². The lowest BCUT2D eigenvalue weighted by Gasteiger charge is -2.09. The third kappa shape index (κ3) is 1.63. The third-order valence-electron chi connectivity index (χ3n) is 3.23. The highest BCUT2D eigenvalue weighted by Crippen LogP contribution is 2.23. The van der Waals surface area contributed by atoms with E-state index in [0.29, 0.717) is 0 Å². The second-order valence-corrected chi connectivity index (χ2v) is 4.43. The predicted molar refractivity (Wildman–Crippen MR) is 73.2 cm³/mol. The quantitative estimate of drug-likeness (QED) is 0.701. The third-order valence-corrected chi connectivity index (χ3v) is 3.23. The number of nitrogens with zero attached hydrogens (tertiary/aromatic N) is 2. The molecule has 0 fully saturated rings.